The maximum Gasteiger partial charge on any atom is 0.407 e. The fraction of sp³-hybridized carbons (Fsp3) is 0.375. The number of benzene rings is 2. The fourth-order valence-corrected chi connectivity index (χ4v) is 3.83. The molecule has 0 radical (unpaired) electrons. The summed E-state index contributed by atoms with van der Waals surface area (Å²) in [6, 6.07) is 14.1. The molecule has 3 N–H and O–H groups in total. The second-order valence-corrected chi connectivity index (χ2v) is 7.90. The van der Waals surface area contributed by atoms with E-state index in [1.54, 1.807) is 0 Å². The highest BCUT2D eigenvalue weighted by Gasteiger charge is 2.31. The van der Waals surface area contributed by atoms with Crippen LogP contribution in [0.1, 0.15) is 44.2 Å². The van der Waals surface area contributed by atoms with E-state index in [4.69, 9.17) is 9.84 Å². The number of aliphatic carboxylic acids is 1. The number of carbonyl (C=O) groups is 3. The normalized spacial score (nSPS) is 15.2. The maximum atomic E-state index is 12.5. The zero-order valence-electron chi connectivity index (χ0n) is 17.9. The van der Waals surface area contributed by atoms with Gasteiger partial charge in [-0.1, -0.05) is 68.8 Å². The van der Waals surface area contributed by atoms with E-state index in [0.717, 1.165) is 22.3 Å². The van der Waals surface area contributed by atoms with Gasteiger partial charge < -0.3 is 20.5 Å². The third kappa shape index (κ3) is 4.87. The van der Waals surface area contributed by atoms with E-state index >= 15 is 0 Å². The van der Waals surface area contributed by atoms with Crippen molar-refractivity contribution in [3.8, 4) is 11.1 Å². The first-order chi connectivity index (χ1) is 14.8. The van der Waals surface area contributed by atoms with Crippen molar-refractivity contribution >= 4 is 18.0 Å². The van der Waals surface area contributed by atoms with E-state index in [-0.39, 0.29) is 18.4 Å². The second kappa shape index (κ2) is 9.64. The van der Waals surface area contributed by atoms with Crippen LogP contribution >= 0.6 is 0 Å². The molecule has 2 amide bonds. The molecule has 0 unspecified atom stereocenters. The number of fused-ring (bicyclic) bond motifs is 3. The Labute approximate surface area is 181 Å². The average Bonchev–Trinajstić information content (AvgIpc) is 3.09. The SMILES string of the molecule is CC[C@@H](C)[C@@H](NC(=O)OCC1c2ccccc2-c2ccccc21)C(=O)N[C@@H](C)C(=O)O. The predicted octanol–water partition coefficient (Wildman–Crippen LogP) is 3.53. The van der Waals surface area contributed by atoms with E-state index < -0.39 is 30.1 Å². The van der Waals surface area contributed by atoms with E-state index in [2.05, 4.69) is 22.8 Å². The topological polar surface area (TPSA) is 105 Å². The Kier molecular flexibility index (Phi) is 6.95. The first-order valence-corrected chi connectivity index (χ1v) is 10.5. The van der Waals surface area contributed by atoms with Crippen LogP contribution in [0.5, 0.6) is 0 Å². The van der Waals surface area contributed by atoms with Crippen molar-refractivity contribution in [1.29, 1.82) is 0 Å². The number of nitrogens with one attached hydrogen (secondary N) is 2. The van der Waals surface area contributed by atoms with Crippen molar-refractivity contribution in [2.45, 2.75) is 45.2 Å². The number of carboxylic acid groups (broad SMARTS) is 1. The molecular formula is C24H28N2O5. The summed E-state index contributed by atoms with van der Waals surface area (Å²) in [5.74, 6) is -1.96. The molecule has 31 heavy (non-hydrogen) atoms. The minimum absolute atomic E-state index is 0.0824. The first kappa shape index (κ1) is 22.3. The van der Waals surface area contributed by atoms with Crippen LogP contribution in [0.2, 0.25) is 0 Å². The molecule has 7 nitrogen and oxygen atoms in total. The number of hydrogen-bond donors (Lipinski definition) is 3. The highest BCUT2D eigenvalue weighted by molar-refractivity contribution is 5.89. The molecule has 0 saturated carbocycles. The van der Waals surface area contributed by atoms with Gasteiger partial charge in [0.05, 0.1) is 0 Å². The number of rotatable bonds is 8. The zero-order chi connectivity index (χ0) is 22.5. The van der Waals surface area contributed by atoms with Crippen molar-refractivity contribution in [2.75, 3.05) is 6.61 Å². The van der Waals surface area contributed by atoms with Crippen molar-refractivity contribution in [3.05, 3.63) is 59.7 Å². The smallest absolute Gasteiger partial charge is 0.407 e. The van der Waals surface area contributed by atoms with Gasteiger partial charge in [0, 0.05) is 5.92 Å². The quantitative estimate of drug-likeness (QED) is 0.601. The van der Waals surface area contributed by atoms with E-state index in [1.165, 1.54) is 6.92 Å². The lowest BCUT2D eigenvalue weighted by atomic mass is 9.98. The number of hydrogen-bond acceptors (Lipinski definition) is 4. The summed E-state index contributed by atoms with van der Waals surface area (Å²) in [4.78, 5) is 36.1. The summed E-state index contributed by atoms with van der Waals surface area (Å²) in [6.45, 7) is 5.23. The lowest BCUT2D eigenvalue weighted by Gasteiger charge is -2.24. The Bertz CT molecular complexity index is 928. The van der Waals surface area contributed by atoms with E-state index in [0.29, 0.717) is 6.42 Å². The highest BCUT2D eigenvalue weighted by Crippen LogP contribution is 2.44. The van der Waals surface area contributed by atoms with Gasteiger partial charge in [-0.05, 0) is 35.1 Å². The summed E-state index contributed by atoms with van der Waals surface area (Å²) in [5, 5.41) is 14.1. The molecule has 7 heteroatoms. The summed E-state index contributed by atoms with van der Waals surface area (Å²) in [6.07, 6.45) is -0.0753. The molecule has 0 saturated heterocycles. The van der Waals surface area contributed by atoms with E-state index in [9.17, 15) is 14.4 Å². The van der Waals surface area contributed by atoms with Crippen LogP contribution in [-0.4, -0.2) is 41.8 Å². The third-order valence-electron chi connectivity index (χ3n) is 5.84. The Morgan fingerprint density at radius 1 is 0.968 bits per heavy atom. The molecule has 164 valence electrons. The number of amides is 2. The molecule has 0 heterocycles. The minimum Gasteiger partial charge on any atom is -0.480 e. The predicted molar refractivity (Wildman–Crippen MR) is 117 cm³/mol. The first-order valence-electron chi connectivity index (χ1n) is 10.5. The molecule has 0 spiro atoms. The van der Waals surface area contributed by atoms with Crippen LogP contribution in [0.3, 0.4) is 0 Å². The summed E-state index contributed by atoms with van der Waals surface area (Å²) >= 11 is 0. The van der Waals surface area contributed by atoms with Gasteiger partial charge in [-0.2, -0.15) is 0 Å². The van der Waals surface area contributed by atoms with Gasteiger partial charge in [0.25, 0.3) is 0 Å². The van der Waals surface area contributed by atoms with Crippen molar-refractivity contribution < 1.29 is 24.2 Å². The lowest BCUT2D eigenvalue weighted by molar-refractivity contribution is -0.141. The van der Waals surface area contributed by atoms with E-state index in [1.807, 2.05) is 50.2 Å². The largest absolute Gasteiger partial charge is 0.480 e. The number of carbonyl (C=O) groups excluding carboxylic acids is 2. The van der Waals surface area contributed by atoms with Crippen molar-refractivity contribution in [3.63, 3.8) is 0 Å². The molecule has 0 bridgehead atoms. The van der Waals surface area contributed by atoms with Crippen LogP contribution in [0.15, 0.2) is 48.5 Å². The molecule has 0 fully saturated rings. The molecule has 3 atom stereocenters. The van der Waals surface area contributed by atoms with Crippen molar-refractivity contribution in [2.24, 2.45) is 5.92 Å². The molecule has 3 rings (SSSR count). The summed E-state index contributed by atoms with van der Waals surface area (Å²) in [7, 11) is 0. The summed E-state index contributed by atoms with van der Waals surface area (Å²) < 4.78 is 5.52. The molecule has 0 aliphatic heterocycles. The fourth-order valence-electron chi connectivity index (χ4n) is 3.83. The number of carboxylic acids is 1. The Hall–Kier alpha value is -3.35. The standard InChI is InChI=1S/C24H28N2O5/c1-4-14(2)21(22(27)25-15(3)23(28)29)26-24(30)31-13-20-18-11-7-5-9-16(18)17-10-6-8-12-19(17)20/h5-12,14-15,20-21H,4,13H2,1-3H3,(H,25,27)(H,26,30)(H,28,29)/t14-,15+,21-/m1/s1. The van der Waals surface area contributed by atoms with Gasteiger partial charge in [-0.3, -0.25) is 9.59 Å². The van der Waals surface area contributed by atoms with Gasteiger partial charge in [-0.25, -0.2) is 4.79 Å². The maximum absolute atomic E-state index is 12.5. The molecule has 2 aromatic rings. The van der Waals surface area contributed by atoms with Crippen LogP contribution in [0.4, 0.5) is 4.79 Å². The lowest BCUT2D eigenvalue weighted by Crippen LogP contribution is -2.53. The minimum atomic E-state index is -1.14. The molecule has 1 aliphatic carbocycles. The highest BCUT2D eigenvalue weighted by atomic mass is 16.5. The van der Waals surface area contributed by atoms with Gasteiger partial charge in [0.1, 0.15) is 18.7 Å². The number of alkyl carbamates (subject to hydrolysis) is 1. The average molecular weight is 424 g/mol. The summed E-state index contributed by atoms with van der Waals surface area (Å²) in [5.41, 5.74) is 4.46. The van der Waals surface area contributed by atoms with Crippen LogP contribution in [0.25, 0.3) is 11.1 Å². The zero-order valence-corrected chi connectivity index (χ0v) is 17.9. The van der Waals surface area contributed by atoms with Crippen LogP contribution < -0.4 is 10.6 Å². The molecule has 2 aromatic carbocycles. The Morgan fingerprint density at radius 2 is 1.52 bits per heavy atom. The molecule has 0 aromatic heterocycles. The van der Waals surface area contributed by atoms with Crippen LogP contribution in [0, 0.1) is 5.92 Å². The monoisotopic (exact) mass is 424 g/mol. The second-order valence-electron chi connectivity index (χ2n) is 7.90. The molecule has 1 aliphatic rings. The Morgan fingerprint density at radius 3 is 2.03 bits per heavy atom. The Balaban J connectivity index is 1.68. The van der Waals surface area contributed by atoms with Crippen molar-refractivity contribution in [1.82, 2.24) is 10.6 Å². The third-order valence-corrected chi connectivity index (χ3v) is 5.84. The number of ether oxygens (including phenoxy) is 1. The van der Waals surface area contributed by atoms with Gasteiger partial charge >= 0.3 is 12.1 Å². The molecular weight excluding hydrogens is 396 g/mol. The van der Waals surface area contributed by atoms with Gasteiger partial charge in [0.15, 0.2) is 0 Å². The van der Waals surface area contributed by atoms with Gasteiger partial charge in [-0.15, -0.1) is 0 Å². The van der Waals surface area contributed by atoms with Crippen LogP contribution in [-0.2, 0) is 14.3 Å². The van der Waals surface area contributed by atoms with Gasteiger partial charge in [0.2, 0.25) is 5.91 Å².